The first kappa shape index (κ1) is 23.0. The van der Waals surface area contributed by atoms with Crippen molar-refractivity contribution < 1.29 is 23.6 Å². The number of nitrogens with two attached hydrogens (primary N) is 1. The molecule has 0 saturated carbocycles. The average molecular weight is 513 g/mol. The number of aromatic nitrogens is 1. The summed E-state index contributed by atoms with van der Waals surface area (Å²) in [5, 5.41) is 2.03. The maximum atomic E-state index is 13.6. The van der Waals surface area contributed by atoms with Gasteiger partial charge in [0.25, 0.3) is 5.91 Å². The van der Waals surface area contributed by atoms with Crippen molar-refractivity contribution in [3.8, 4) is 0 Å². The zero-order chi connectivity index (χ0) is 24.9. The number of likely N-dealkylation sites (tertiary alicyclic amines) is 1. The smallest absolute Gasteiger partial charge is 0.328 e. The fourth-order valence-corrected chi connectivity index (χ4v) is 7.14. The van der Waals surface area contributed by atoms with E-state index in [4.69, 9.17) is 5.73 Å². The molecule has 3 heterocycles. The van der Waals surface area contributed by atoms with Gasteiger partial charge in [0.05, 0.1) is 10.9 Å². The molecule has 0 aliphatic carbocycles. The molecule has 5 amide bonds. The molecule has 1 aromatic heterocycles. The Labute approximate surface area is 205 Å². The number of carbonyl (C=O) groups is 4. The maximum Gasteiger partial charge on any atom is 0.328 e. The van der Waals surface area contributed by atoms with Crippen LogP contribution in [0.25, 0.3) is 0 Å². The van der Waals surface area contributed by atoms with Crippen molar-refractivity contribution in [2.45, 2.75) is 22.7 Å². The number of urea groups is 1. The van der Waals surface area contributed by atoms with Crippen LogP contribution in [0.2, 0.25) is 0 Å². The summed E-state index contributed by atoms with van der Waals surface area (Å²) < 4.78 is 14.9. The van der Waals surface area contributed by atoms with Crippen molar-refractivity contribution in [1.82, 2.24) is 9.47 Å². The van der Waals surface area contributed by atoms with Crippen molar-refractivity contribution >= 4 is 52.5 Å². The van der Waals surface area contributed by atoms with E-state index in [9.17, 15) is 28.4 Å². The van der Waals surface area contributed by atoms with E-state index in [2.05, 4.69) is 5.32 Å². The minimum Gasteiger partial charge on any atom is -0.351 e. The number of para-hydroxylation sites is 1. The van der Waals surface area contributed by atoms with Crippen molar-refractivity contribution in [1.29, 1.82) is 0 Å². The van der Waals surface area contributed by atoms with Gasteiger partial charge in [-0.1, -0.05) is 53.4 Å². The van der Waals surface area contributed by atoms with Crippen LogP contribution in [-0.4, -0.2) is 38.5 Å². The highest BCUT2D eigenvalue weighted by atomic mass is 32.2. The van der Waals surface area contributed by atoms with E-state index < -0.39 is 51.5 Å². The Morgan fingerprint density at radius 3 is 2.34 bits per heavy atom. The monoisotopic (exact) mass is 512 g/mol. The number of benzene rings is 2. The van der Waals surface area contributed by atoms with E-state index in [0.717, 1.165) is 23.1 Å². The molecule has 2 aliphatic rings. The molecule has 12 heteroatoms. The van der Waals surface area contributed by atoms with Gasteiger partial charge in [-0.15, -0.1) is 0 Å². The van der Waals surface area contributed by atoms with E-state index in [1.807, 2.05) is 0 Å². The molecule has 1 saturated heterocycles. The lowest BCUT2D eigenvalue weighted by Crippen LogP contribution is -2.41. The molecule has 9 nitrogen and oxygen atoms in total. The standard InChI is InChI=1S/C23H17FN4O5S2/c24-12-8-6-11(7-9-12)15-16-17(20(31)28(19(16)30)22(25)32)34-21-18(15)35-23(33)27(21)10-14(29)26-13-4-2-1-3-5-13/h1-9,15-17H,10H2,(H2,25,32)(H,26,29)/t15-,16+,17-/m0/s1. The number of nitrogens with zero attached hydrogens (tertiary/aromatic N) is 2. The first-order valence-electron chi connectivity index (χ1n) is 10.4. The summed E-state index contributed by atoms with van der Waals surface area (Å²) in [5.41, 5.74) is 6.34. The van der Waals surface area contributed by atoms with Crippen molar-refractivity contribution in [2.24, 2.45) is 11.7 Å². The van der Waals surface area contributed by atoms with Gasteiger partial charge in [-0.05, 0) is 29.8 Å². The van der Waals surface area contributed by atoms with Gasteiger partial charge in [0.1, 0.15) is 17.6 Å². The van der Waals surface area contributed by atoms with Gasteiger partial charge in [-0.3, -0.25) is 23.7 Å². The number of imide groups is 3. The molecule has 5 rings (SSSR count). The first-order valence-corrected chi connectivity index (χ1v) is 12.1. The molecule has 1 fully saturated rings. The Morgan fingerprint density at radius 1 is 1.00 bits per heavy atom. The zero-order valence-corrected chi connectivity index (χ0v) is 19.5. The van der Waals surface area contributed by atoms with Crippen molar-refractivity contribution in [3.05, 3.63) is 80.5 Å². The van der Waals surface area contributed by atoms with Gasteiger partial charge in [0.15, 0.2) is 0 Å². The zero-order valence-electron chi connectivity index (χ0n) is 17.8. The molecule has 0 unspecified atom stereocenters. The third-order valence-electron chi connectivity index (χ3n) is 5.86. The van der Waals surface area contributed by atoms with Crippen molar-refractivity contribution in [3.63, 3.8) is 0 Å². The van der Waals surface area contributed by atoms with Gasteiger partial charge in [-0.2, -0.15) is 4.90 Å². The Bertz CT molecular complexity index is 1420. The second kappa shape index (κ2) is 8.78. The van der Waals surface area contributed by atoms with Crippen LogP contribution in [0.15, 0.2) is 64.4 Å². The number of hydrogen-bond donors (Lipinski definition) is 2. The molecule has 3 atom stereocenters. The second-order valence-corrected chi connectivity index (χ2v) is 10.1. The summed E-state index contributed by atoms with van der Waals surface area (Å²) in [4.78, 5) is 64.0. The topological polar surface area (TPSA) is 132 Å². The summed E-state index contributed by atoms with van der Waals surface area (Å²) in [6, 6.07) is 12.9. The molecule has 3 N–H and O–H groups in total. The first-order chi connectivity index (χ1) is 16.8. The lowest BCUT2D eigenvalue weighted by molar-refractivity contribution is -0.135. The van der Waals surface area contributed by atoms with Crippen LogP contribution in [-0.2, 0) is 20.9 Å². The average Bonchev–Trinajstić information content (AvgIpc) is 3.26. The predicted molar refractivity (Wildman–Crippen MR) is 126 cm³/mol. The number of nitrogens with one attached hydrogen (secondary N) is 1. The van der Waals surface area contributed by atoms with Crippen LogP contribution >= 0.6 is 23.1 Å². The fourth-order valence-electron chi connectivity index (χ4n) is 4.37. The number of rotatable bonds is 4. The number of hydrogen-bond acceptors (Lipinski definition) is 7. The molecule has 0 radical (unpaired) electrons. The summed E-state index contributed by atoms with van der Waals surface area (Å²) in [7, 11) is 0. The molecule has 0 bridgehead atoms. The number of fused-ring (bicyclic) bond motifs is 2. The lowest BCUT2D eigenvalue weighted by atomic mass is 9.83. The number of halogens is 1. The number of carbonyl (C=O) groups excluding carboxylic acids is 4. The molecule has 3 aromatic rings. The third-order valence-corrected chi connectivity index (χ3v) is 8.46. The molecule has 2 aliphatic heterocycles. The van der Waals surface area contributed by atoms with Crippen LogP contribution in [0.1, 0.15) is 16.4 Å². The Morgan fingerprint density at radius 2 is 1.69 bits per heavy atom. The quantitative estimate of drug-likeness (QED) is 0.516. The van der Waals surface area contributed by atoms with Crippen LogP contribution in [0.5, 0.6) is 0 Å². The highest BCUT2D eigenvalue weighted by Crippen LogP contribution is 2.53. The molecule has 178 valence electrons. The van der Waals surface area contributed by atoms with Crippen LogP contribution in [0.4, 0.5) is 14.9 Å². The van der Waals surface area contributed by atoms with E-state index in [1.165, 1.54) is 28.8 Å². The summed E-state index contributed by atoms with van der Waals surface area (Å²) in [5.74, 6) is -4.31. The van der Waals surface area contributed by atoms with Gasteiger partial charge < -0.3 is 11.1 Å². The normalized spacial score (nSPS) is 20.9. The van der Waals surface area contributed by atoms with Crippen LogP contribution < -0.4 is 15.9 Å². The number of thioether (sulfide) groups is 1. The summed E-state index contributed by atoms with van der Waals surface area (Å²) in [6.45, 7) is -0.318. The Kier molecular flexibility index (Phi) is 5.77. The SMILES string of the molecule is NC(=O)N1C(=O)[C@@H]2[C@H](c3ccc(F)cc3)c3sc(=O)n(CC(=O)Nc4ccccc4)c3S[C@@H]2C1=O. The number of primary amides is 1. The molecule has 0 spiro atoms. The predicted octanol–water partition coefficient (Wildman–Crippen LogP) is 2.36. The van der Waals surface area contributed by atoms with E-state index >= 15 is 0 Å². The number of thiazole rings is 1. The molecule has 35 heavy (non-hydrogen) atoms. The number of anilines is 1. The lowest BCUT2D eigenvalue weighted by Gasteiger charge is -2.30. The third kappa shape index (κ3) is 3.94. The minimum atomic E-state index is -1.18. The number of amides is 5. The van der Waals surface area contributed by atoms with E-state index in [1.54, 1.807) is 30.3 Å². The molecular weight excluding hydrogens is 495 g/mol. The fraction of sp³-hybridized carbons (Fsp3) is 0.174. The largest absolute Gasteiger partial charge is 0.351 e. The Balaban J connectivity index is 1.58. The highest BCUT2D eigenvalue weighted by Gasteiger charge is 2.57. The highest BCUT2D eigenvalue weighted by molar-refractivity contribution is 8.00. The van der Waals surface area contributed by atoms with E-state index in [0.29, 0.717) is 26.1 Å². The Hall–Kier alpha value is -3.77. The van der Waals surface area contributed by atoms with Gasteiger partial charge in [0.2, 0.25) is 11.8 Å². The van der Waals surface area contributed by atoms with Crippen LogP contribution in [0, 0.1) is 11.7 Å². The van der Waals surface area contributed by atoms with Crippen LogP contribution in [0.3, 0.4) is 0 Å². The van der Waals surface area contributed by atoms with E-state index in [-0.39, 0.29) is 6.54 Å². The second-order valence-electron chi connectivity index (χ2n) is 7.98. The van der Waals surface area contributed by atoms with Gasteiger partial charge >= 0.3 is 10.9 Å². The minimum absolute atomic E-state index is 0.318. The summed E-state index contributed by atoms with van der Waals surface area (Å²) >= 11 is 1.81. The van der Waals surface area contributed by atoms with Crippen molar-refractivity contribution in [2.75, 3.05) is 5.32 Å². The summed E-state index contributed by atoms with van der Waals surface area (Å²) in [6.07, 6.45) is 0. The van der Waals surface area contributed by atoms with Gasteiger partial charge in [-0.25, -0.2) is 9.18 Å². The maximum absolute atomic E-state index is 13.6. The molecule has 2 aromatic carbocycles. The van der Waals surface area contributed by atoms with Gasteiger partial charge in [0, 0.05) is 16.5 Å². The molecular formula is C23H17FN4O5S2.